The molecule has 6 unspecified atom stereocenters. The molecule has 35 heavy (non-hydrogen) atoms. The molecule has 0 aliphatic heterocycles. The van der Waals surface area contributed by atoms with E-state index in [1.165, 1.54) is 0 Å². The van der Waals surface area contributed by atoms with E-state index in [1.54, 1.807) is 12.1 Å². The van der Waals surface area contributed by atoms with Gasteiger partial charge in [0.05, 0.1) is 22.7 Å². The first kappa shape index (κ1) is 23.6. The summed E-state index contributed by atoms with van der Waals surface area (Å²) < 4.78 is 1.81. The van der Waals surface area contributed by atoms with Gasteiger partial charge in [-0.15, -0.1) is 0 Å². The van der Waals surface area contributed by atoms with Crippen LogP contribution in [0.25, 0.3) is 11.1 Å². The summed E-state index contributed by atoms with van der Waals surface area (Å²) >= 11 is 0. The molecule has 1 heterocycles. The van der Waals surface area contributed by atoms with Crippen LogP contribution in [0.4, 0.5) is 0 Å². The normalized spacial score (nSPS) is 31.3. The van der Waals surface area contributed by atoms with Crippen molar-refractivity contribution in [3.05, 3.63) is 41.2 Å². The van der Waals surface area contributed by atoms with Gasteiger partial charge in [0.15, 0.2) is 0 Å². The Balaban J connectivity index is 1.41. The maximum absolute atomic E-state index is 13.7. The first-order valence-electron chi connectivity index (χ1n) is 12.6. The molecule has 2 aromatic rings. The Bertz CT molecular complexity index is 1240. The Morgan fingerprint density at radius 1 is 1.20 bits per heavy atom. The number of nitriles is 1. The number of benzene rings is 1. The molecule has 4 bridgehead atoms. The number of carbonyl (C=O) groups excluding carboxylic acids is 1. The number of amides is 1. The van der Waals surface area contributed by atoms with E-state index < -0.39 is 16.9 Å². The van der Waals surface area contributed by atoms with Crippen molar-refractivity contribution in [1.29, 1.82) is 5.26 Å². The second kappa shape index (κ2) is 7.94. The van der Waals surface area contributed by atoms with Gasteiger partial charge in [-0.25, -0.2) is 0 Å². The summed E-state index contributed by atoms with van der Waals surface area (Å²) in [6.45, 7) is 9.77. The van der Waals surface area contributed by atoms with E-state index in [1.807, 2.05) is 44.5 Å². The van der Waals surface area contributed by atoms with Gasteiger partial charge in [0, 0.05) is 17.3 Å². The van der Waals surface area contributed by atoms with Crippen molar-refractivity contribution in [2.45, 2.75) is 71.9 Å². The van der Waals surface area contributed by atoms with Crippen LogP contribution in [-0.4, -0.2) is 32.8 Å². The van der Waals surface area contributed by atoms with Gasteiger partial charge in [0.2, 0.25) is 5.91 Å². The molecule has 1 amide bonds. The molecule has 0 saturated heterocycles. The van der Waals surface area contributed by atoms with Gasteiger partial charge in [0.1, 0.15) is 5.54 Å². The van der Waals surface area contributed by atoms with E-state index in [-0.39, 0.29) is 29.7 Å². The average Bonchev–Trinajstić information content (AvgIpc) is 3.13. The van der Waals surface area contributed by atoms with Crippen LogP contribution in [0.15, 0.2) is 24.3 Å². The summed E-state index contributed by atoms with van der Waals surface area (Å²) in [5.74, 6) is 0.188. The number of carboxylic acids is 1. The van der Waals surface area contributed by atoms with Crippen LogP contribution in [-0.2, 0) is 15.1 Å². The maximum Gasteiger partial charge on any atom is 0.309 e. The number of hydrogen-bond acceptors (Lipinski definition) is 4. The predicted octanol–water partition coefficient (Wildman–Crippen LogP) is 4.42. The first-order chi connectivity index (χ1) is 16.5. The van der Waals surface area contributed by atoms with Gasteiger partial charge in [-0.05, 0) is 94.7 Å². The van der Waals surface area contributed by atoms with E-state index in [0.29, 0.717) is 17.9 Å². The van der Waals surface area contributed by atoms with E-state index in [2.05, 4.69) is 18.3 Å². The van der Waals surface area contributed by atoms with E-state index >= 15 is 0 Å². The molecular formula is C28H34N4O3. The van der Waals surface area contributed by atoms with Crippen LogP contribution < -0.4 is 5.32 Å². The van der Waals surface area contributed by atoms with Gasteiger partial charge in [-0.1, -0.05) is 19.1 Å². The Morgan fingerprint density at radius 3 is 2.51 bits per heavy atom. The number of rotatable bonds is 5. The highest BCUT2D eigenvalue weighted by molar-refractivity contribution is 5.85. The third kappa shape index (κ3) is 3.41. The molecule has 4 saturated carbocycles. The summed E-state index contributed by atoms with van der Waals surface area (Å²) in [5, 5.41) is 27.3. The number of aliphatic carboxylic acids is 1. The van der Waals surface area contributed by atoms with Crippen LogP contribution in [0.1, 0.15) is 63.4 Å². The summed E-state index contributed by atoms with van der Waals surface area (Å²) in [7, 11) is 0. The first-order valence-corrected chi connectivity index (χ1v) is 12.6. The number of aromatic nitrogens is 2. The summed E-state index contributed by atoms with van der Waals surface area (Å²) in [6.07, 6.45) is 3.45. The highest BCUT2D eigenvalue weighted by Gasteiger charge is 2.63. The van der Waals surface area contributed by atoms with Crippen LogP contribution >= 0.6 is 0 Å². The third-order valence-corrected chi connectivity index (χ3v) is 9.41. The molecule has 7 heteroatoms. The average molecular weight is 475 g/mol. The van der Waals surface area contributed by atoms with Crippen LogP contribution in [0, 0.1) is 54.3 Å². The lowest BCUT2D eigenvalue weighted by Crippen LogP contribution is -2.66. The fraction of sp³-hybridized carbons (Fsp3) is 0.571. The molecule has 4 fully saturated rings. The van der Waals surface area contributed by atoms with Crippen molar-refractivity contribution in [3.63, 3.8) is 0 Å². The number of nitrogens with one attached hydrogen (secondary N) is 1. The molecule has 1 aromatic carbocycles. The Kier molecular flexibility index (Phi) is 5.35. The summed E-state index contributed by atoms with van der Waals surface area (Å²) in [5.41, 5.74) is 2.74. The van der Waals surface area contributed by atoms with Gasteiger partial charge in [-0.2, -0.15) is 10.4 Å². The van der Waals surface area contributed by atoms with Crippen molar-refractivity contribution >= 4 is 11.9 Å². The molecule has 1 aromatic heterocycles. The molecule has 7 nitrogen and oxygen atoms in total. The van der Waals surface area contributed by atoms with Crippen molar-refractivity contribution in [3.8, 4) is 17.2 Å². The smallest absolute Gasteiger partial charge is 0.309 e. The molecule has 4 aliphatic carbocycles. The van der Waals surface area contributed by atoms with Gasteiger partial charge < -0.3 is 10.4 Å². The minimum atomic E-state index is -0.915. The van der Waals surface area contributed by atoms with E-state index in [9.17, 15) is 14.7 Å². The lowest BCUT2D eigenvalue weighted by molar-refractivity contribution is -0.180. The Labute approximate surface area is 206 Å². The van der Waals surface area contributed by atoms with E-state index in [4.69, 9.17) is 10.4 Å². The number of carboxylic acid groups (broad SMARTS) is 1. The Hall–Kier alpha value is -3.14. The van der Waals surface area contributed by atoms with Crippen LogP contribution in [0.3, 0.4) is 0 Å². The SMILES string of the molecule is Cc1nn(C(C)(C)C(=O)NC2C3CC4CC2C(C)C(C(=O)O)(C4)C3)c(C)c1-c1ccc(C#N)cc1. The largest absolute Gasteiger partial charge is 0.481 e. The zero-order chi connectivity index (χ0) is 25.3. The minimum absolute atomic E-state index is 0.00996. The van der Waals surface area contributed by atoms with Crippen molar-refractivity contribution in [2.24, 2.45) is 29.1 Å². The summed E-state index contributed by atoms with van der Waals surface area (Å²) in [6, 6.07) is 9.58. The molecule has 0 spiro atoms. The summed E-state index contributed by atoms with van der Waals surface area (Å²) in [4.78, 5) is 26.0. The standard InChI is InChI=1S/C28H34N4O3/c1-15-22-11-19-10-21(13-28(15,12-19)26(34)35)24(22)30-25(33)27(4,5)32-17(3)23(16(2)31-32)20-8-6-18(14-29)7-9-20/h6-9,15,19,21-22,24H,10-13H2,1-5H3,(H,30,33)(H,34,35). The molecule has 0 radical (unpaired) electrons. The van der Waals surface area contributed by atoms with Crippen molar-refractivity contribution in [2.75, 3.05) is 0 Å². The second-order valence-electron chi connectivity index (χ2n) is 11.6. The fourth-order valence-electron chi connectivity index (χ4n) is 7.63. The van der Waals surface area contributed by atoms with Gasteiger partial charge >= 0.3 is 5.97 Å². The molecule has 2 N–H and O–H groups in total. The van der Waals surface area contributed by atoms with Crippen molar-refractivity contribution < 1.29 is 14.7 Å². The quantitative estimate of drug-likeness (QED) is 0.667. The number of carbonyl (C=O) groups is 2. The third-order valence-electron chi connectivity index (χ3n) is 9.41. The highest BCUT2D eigenvalue weighted by Crippen LogP contribution is 2.62. The molecule has 6 rings (SSSR count). The number of hydrogen-bond donors (Lipinski definition) is 2. The van der Waals surface area contributed by atoms with Gasteiger partial charge in [-0.3, -0.25) is 14.3 Å². The van der Waals surface area contributed by atoms with Crippen LogP contribution in [0.2, 0.25) is 0 Å². The predicted molar refractivity (Wildman–Crippen MR) is 131 cm³/mol. The van der Waals surface area contributed by atoms with Crippen LogP contribution in [0.5, 0.6) is 0 Å². The lowest BCUT2D eigenvalue weighted by atomic mass is 9.44. The zero-order valence-electron chi connectivity index (χ0n) is 21.1. The fourth-order valence-corrected chi connectivity index (χ4v) is 7.63. The second-order valence-corrected chi connectivity index (χ2v) is 11.6. The molecule has 184 valence electrons. The van der Waals surface area contributed by atoms with E-state index in [0.717, 1.165) is 41.8 Å². The lowest BCUT2D eigenvalue weighted by Gasteiger charge is -2.62. The monoisotopic (exact) mass is 474 g/mol. The minimum Gasteiger partial charge on any atom is -0.481 e. The zero-order valence-corrected chi connectivity index (χ0v) is 21.1. The molecular weight excluding hydrogens is 440 g/mol. The number of aryl methyl sites for hydroxylation is 1. The Morgan fingerprint density at radius 2 is 1.89 bits per heavy atom. The number of nitrogens with zero attached hydrogens (tertiary/aromatic N) is 3. The van der Waals surface area contributed by atoms with Gasteiger partial charge in [0.25, 0.3) is 0 Å². The maximum atomic E-state index is 13.7. The van der Waals surface area contributed by atoms with Crippen molar-refractivity contribution in [1.82, 2.24) is 15.1 Å². The highest BCUT2D eigenvalue weighted by atomic mass is 16.4. The molecule has 4 aliphatic rings. The molecule has 6 atom stereocenters. The topological polar surface area (TPSA) is 108 Å².